The Morgan fingerprint density at radius 1 is 0.923 bits per heavy atom. The molecule has 39 heavy (non-hydrogen) atoms. The summed E-state index contributed by atoms with van der Waals surface area (Å²) < 4.78 is 5.91. The van der Waals surface area contributed by atoms with Gasteiger partial charge in [-0.2, -0.15) is 0 Å². The number of amides is 2. The molecular weight excluding hydrogens is 531 g/mol. The lowest BCUT2D eigenvalue weighted by atomic mass is 9.87. The highest BCUT2D eigenvalue weighted by atomic mass is 35.5. The summed E-state index contributed by atoms with van der Waals surface area (Å²) in [4.78, 5) is 28.8. The minimum atomic E-state index is -0.738. The van der Waals surface area contributed by atoms with Crippen molar-refractivity contribution in [3.8, 4) is 5.75 Å². The monoisotopic (exact) mass is 568 g/mol. The van der Waals surface area contributed by atoms with Gasteiger partial charge in [0.15, 0.2) is 6.61 Å². The Morgan fingerprint density at radius 2 is 1.62 bits per heavy atom. The van der Waals surface area contributed by atoms with Crippen molar-refractivity contribution in [2.24, 2.45) is 0 Å². The van der Waals surface area contributed by atoms with Crippen LogP contribution in [0.15, 0.2) is 72.8 Å². The van der Waals surface area contributed by atoms with Crippen molar-refractivity contribution in [3.05, 3.63) is 99.5 Å². The molecule has 1 N–H and O–H groups in total. The van der Waals surface area contributed by atoms with Crippen molar-refractivity contribution >= 4 is 35.0 Å². The Labute approximate surface area is 242 Å². The Hall–Kier alpha value is -3.02. The predicted octanol–water partition coefficient (Wildman–Crippen LogP) is 7.23. The van der Waals surface area contributed by atoms with E-state index in [0.717, 1.165) is 24.0 Å². The predicted molar refractivity (Wildman–Crippen MR) is 160 cm³/mol. The van der Waals surface area contributed by atoms with Crippen molar-refractivity contribution in [2.45, 2.75) is 65.0 Å². The van der Waals surface area contributed by atoms with Gasteiger partial charge >= 0.3 is 0 Å². The maximum Gasteiger partial charge on any atom is 0.261 e. The van der Waals surface area contributed by atoms with Crippen LogP contribution < -0.4 is 10.1 Å². The minimum Gasteiger partial charge on any atom is -0.484 e. The maximum absolute atomic E-state index is 13.7. The molecular formula is C32H38Cl2N2O3. The van der Waals surface area contributed by atoms with E-state index >= 15 is 0 Å². The van der Waals surface area contributed by atoms with E-state index in [2.05, 4.69) is 33.0 Å². The molecule has 0 saturated carbocycles. The van der Waals surface area contributed by atoms with Gasteiger partial charge < -0.3 is 15.0 Å². The van der Waals surface area contributed by atoms with Crippen LogP contribution in [-0.2, 0) is 28.0 Å². The van der Waals surface area contributed by atoms with Gasteiger partial charge in [-0.25, -0.2) is 0 Å². The van der Waals surface area contributed by atoms with E-state index in [9.17, 15) is 9.59 Å². The summed E-state index contributed by atoms with van der Waals surface area (Å²) in [5, 5.41) is 3.84. The topological polar surface area (TPSA) is 58.6 Å². The summed E-state index contributed by atoms with van der Waals surface area (Å²) in [6.45, 7) is 9.03. The molecule has 0 bridgehead atoms. The molecule has 0 heterocycles. The number of hydrogen-bond acceptors (Lipinski definition) is 3. The first kappa shape index (κ1) is 30.5. The van der Waals surface area contributed by atoms with Gasteiger partial charge in [-0.3, -0.25) is 9.59 Å². The first-order chi connectivity index (χ1) is 18.6. The summed E-state index contributed by atoms with van der Waals surface area (Å²) >= 11 is 12.4. The van der Waals surface area contributed by atoms with Crippen LogP contribution in [-0.4, -0.2) is 35.9 Å². The van der Waals surface area contributed by atoms with Gasteiger partial charge in [0.1, 0.15) is 11.8 Å². The fourth-order valence-electron chi connectivity index (χ4n) is 4.17. The van der Waals surface area contributed by atoms with E-state index in [1.165, 1.54) is 5.56 Å². The van der Waals surface area contributed by atoms with E-state index in [1.54, 1.807) is 17.0 Å². The van der Waals surface area contributed by atoms with E-state index in [0.29, 0.717) is 28.8 Å². The lowest BCUT2D eigenvalue weighted by Gasteiger charge is -2.31. The van der Waals surface area contributed by atoms with Gasteiger partial charge in [-0.15, -0.1) is 0 Å². The Morgan fingerprint density at radius 3 is 2.23 bits per heavy atom. The molecule has 208 valence electrons. The molecule has 0 aliphatic heterocycles. The number of benzene rings is 3. The second-order valence-corrected chi connectivity index (χ2v) is 11.5. The number of ether oxygens (including phenoxy) is 1. The first-order valence-electron chi connectivity index (χ1n) is 13.4. The van der Waals surface area contributed by atoms with Crippen LogP contribution in [0, 0.1) is 0 Å². The van der Waals surface area contributed by atoms with Crippen molar-refractivity contribution in [2.75, 3.05) is 13.2 Å². The van der Waals surface area contributed by atoms with Crippen LogP contribution in [0.2, 0.25) is 10.0 Å². The fraction of sp³-hybridized carbons (Fsp3) is 0.375. The van der Waals surface area contributed by atoms with Gasteiger partial charge in [-0.1, -0.05) is 106 Å². The van der Waals surface area contributed by atoms with Crippen LogP contribution in [0.4, 0.5) is 0 Å². The lowest BCUT2D eigenvalue weighted by Crippen LogP contribution is -2.51. The van der Waals surface area contributed by atoms with Crippen LogP contribution in [0.25, 0.3) is 0 Å². The van der Waals surface area contributed by atoms with Crippen molar-refractivity contribution in [3.63, 3.8) is 0 Å². The lowest BCUT2D eigenvalue weighted by molar-refractivity contribution is -0.142. The highest BCUT2D eigenvalue weighted by Gasteiger charge is 2.30. The minimum absolute atomic E-state index is 0.0147. The van der Waals surface area contributed by atoms with Gasteiger partial charge in [-0.05, 0) is 52.8 Å². The molecule has 5 nitrogen and oxygen atoms in total. The van der Waals surface area contributed by atoms with Crippen LogP contribution in [0.5, 0.6) is 5.75 Å². The van der Waals surface area contributed by atoms with E-state index in [1.807, 2.05) is 60.7 Å². The largest absolute Gasteiger partial charge is 0.484 e. The second-order valence-electron chi connectivity index (χ2n) is 10.7. The summed E-state index contributed by atoms with van der Waals surface area (Å²) in [6.07, 6.45) is 2.18. The zero-order valence-corrected chi connectivity index (χ0v) is 24.7. The molecule has 0 saturated heterocycles. The SMILES string of the molecule is CCCCNC(=O)[C@@H](Cc1ccccc1)N(Cc1ccc(Cl)c(Cl)c1)C(=O)COc1ccc(C(C)(C)C)cc1. The number of nitrogens with zero attached hydrogens (tertiary/aromatic N) is 1. The number of rotatable bonds is 12. The number of carbonyl (C=O) groups is 2. The maximum atomic E-state index is 13.7. The highest BCUT2D eigenvalue weighted by molar-refractivity contribution is 6.42. The summed E-state index contributed by atoms with van der Waals surface area (Å²) in [5.41, 5.74) is 2.92. The van der Waals surface area contributed by atoms with Crippen molar-refractivity contribution in [1.29, 1.82) is 0 Å². The van der Waals surface area contributed by atoms with E-state index < -0.39 is 6.04 Å². The van der Waals surface area contributed by atoms with E-state index in [4.69, 9.17) is 27.9 Å². The quantitative estimate of drug-likeness (QED) is 0.234. The average molecular weight is 570 g/mol. The normalized spacial score (nSPS) is 12.1. The molecule has 0 aliphatic rings. The Balaban J connectivity index is 1.88. The molecule has 0 unspecified atom stereocenters. The number of unbranched alkanes of at least 4 members (excludes halogenated alkanes) is 1. The molecule has 3 rings (SSSR count). The molecule has 7 heteroatoms. The number of carbonyl (C=O) groups excluding carboxylic acids is 2. The molecule has 2 amide bonds. The summed E-state index contributed by atoms with van der Waals surface area (Å²) in [5.74, 6) is 0.0978. The van der Waals surface area contributed by atoms with Gasteiger partial charge in [0.2, 0.25) is 5.91 Å². The third-order valence-corrected chi connectivity index (χ3v) is 7.26. The van der Waals surface area contributed by atoms with Gasteiger partial charge in [0, 0.05) is 19.5 Å². The van der Waals surface area contributed by atoms with Crippen LogP contribution in [0.3, 0.4) is 0 Å². The third kappa shape index (κ3) is 9.29. The number of nitrogens with one attached hydrogen (secondary N) is 1. The highest BCUT2D eigenvalue weighted by Crippen LogP contribution is 2.26. The van der Waals surface area contributed by atoms with Crippen LogP contribution in [0.1, 0.15) is 57.2 Å². The fourth-order valence-corrected chi connectivity index (χ4v) is 4.49. The number of halogens is 2. The third-order valence-electron chi connectivity index (χ3n) is 6.52. The molecule has 3 aromatic rings. The van der Waals surface area contributed by atoms with Crippen LogP contribution >= 0.6 is 23.2 Å². The smallest absolute Gasteiger partial charge is 0.261 e. The molecule has 0 fully saturated rings. The summed E-state index contributed by atoms with van der Waals surface area (Å²) in [7, 11) is 0. The second kappa shape index (κ2) is 14.4. The molecule has 0 aromatic heterocycles. The molecule has 1 atom stereocenters. The molecule has 3 aromatic carbocycles. The van der Waals surface area contributed by atoms with Gasteiger partial charge in [0.25, 0.3) is 5.91 Å². The number of hydrogen-bond donors (Lipinski definition) is 1. The standard InChI is InChI=1S/C32H38Cl2N2O3/c1-5-6-18-35-31(38)29(20-23-10-8-7-9-11-23)36(21-24-12-17-27(33)28(34)19-24)30(37)22-39-26-15-13-25(14-16-26)32(2,3)4/h7-17,19,29H,5-6,18,20-22H2,1-4H3,(H,35,38)/t29-/m1/s1. The van der Waals surface area contributed by atoms with Gasteiger partial charge in [0.05, 0.1) is 10.0 Å². The summed E-state index contributed by atoms with van der Waals surface area (Å²) in [6, 6.07) is 22.0. The molecule has 0 spiro atoms. The van der Waals surface area contributed by atoms with Crippen molar-refractivity contribution in [1.82, 2.24) is 10.2 Å². The Kier molecular flexibility index (Phi) is 11.3. The molecule has 0 radical (unpaired) electrons. The van der Waals surface area contributed by atoms with Crippen molar-refractivity contribution < 1.29 is 14.3 Å². The van der Waals surface area contributed by atoms with E-state index in [-0.39, 0.29) is 30.4 Å². The first-order valence-corrected chi connectivity index (χ1v) is 14.1. The zero-order valence-electron chi connectivity index (χ0n) is 23.2. The average Bonchev–Trinajstić information content (AvgIpc) is 2.91. The zero-order chi connectivity index (χ0) is 28.4. The molecule has 0 aliphatic carbocycles. The Bertz CT molecular complexity index is 1220.